The van der Waals surface area contributed by atoms with Crippen LogP contribution in [0.5, 0.6) is 5.75 Å². The lowest BCUT2D eigenvalue weighted by molar-refractivity contribution is -0.909. The molecule has 1 N–H and O–H groups in total. The molecule has 2 rings (SSSR count). The van der Waals surface area contributed by atoms with E-state index in [1.54, 1.807) is 24.3 Å². The smallest absolute Gasteiger partial charge is 0.308 e. The van der Waals surface area contributed by atoms with Crippen LogP contribution in [-0.2, 0) is 14.3 Å². The van der Waals surface area contributed by atoms with Crippen molar-refractivity contribution in [2.45, 2.75) is 6.92 Å². The number of hydrogen-bond donors (Lipinski definition) is 1. The number of hydrogen-bond acceptors (Lipinski definition) is 5. The Bertz CT molecular complexity index is 595. The van der Waals surface area contributed by atoms with E-state index in [1.165, 1.54) is 13.1 Å². The molecule has 7 nitrogen and oxygen atoms in total. The number of esters is 1. The molecule has 1 aliphatic rings. The standard InChI is InChI=1S/C16H21N3O4/c1-13(20)23-15-6-4-3-5-14(15)11-17-18-16(21)12-19(2)7-9-22-10-8-19/h3-6,11H,7-10,12H2,1-2H3/p+1/b17-11+. The van der Waals surface area contributed by atoms with Crippen LogP contribution in [0.1, 0.15) is 12.5 Å². The quantitative estimate of drug-likeness (QED) is 0.282. The molecule has 1 heterocycles. The number of morpholine rings is 1. The van der Waals surface area contributed by atoms with Gasteiger partial charge in [-0.3, -0.25) is 9.59 Å². The molecule has 0 saturated carbocycles. The Hall–Kier alpha value is -2.25. The van der Waals surface area contributed by atoms with Gasteiger partial charge in [-0.05, 0) is 12.1 Å². The van der Waals surface area contributed by atoms with E-state index in [0.717, 1.165) is 13.1 Å². The normalized spacial score (nSPS) is 17.0. The van der Waals surface area contributed by atoms with Gasteiger partial charge in [0.1, 0.15) is 18.8 Å². The molecular weight excluding hydrogens is 298 g/mol. The molecule has 0 spiro atoms. The number of para-hydroxylation sites is 1. The summed E-state index contributed by atoms with van der Waals surface area (Å²) in [6, 6.07) is 6.99. The van der Waals surface area contributed by atoms with E-state index in [-0.39, 0.29) is 5.91 Å². The lowest BCUT2D eigenvalue weighted by Crippen LogP contribution is -2.55. The fraction of sp³-hybridized carbons (Fsp3) is 0.438. The van der Waals surface area contributed by atoms with Crippen molar-refractivity contribution in [3.05, 3.63) is 29.8 Å². The first-order valence-corrected chi connectivity index (χ1v) is 7.49. The number of nitrogens with one attached hydrogen (secondary N) is 1. The molecule has 124 valence electrons. The van der Waals surface area contributed by atoms with Crippen molar-refractivity contribution >= 4 is 18.1 Å². The van der Waals surface area contributed by atoms with E-state index in [4.69, 9.17) is 9.47 Å². The Morgan fingerprint density at radius 1 is 1.35 bits per heavy atom. The molecule has 0 atom stereocenters. The first-order chi connectivity index (χ1) is 11.0. The van der Waals surface area contributed by atoms with E-state index < -0.39 is 5.97 Å². The average Bonchev–Trinajstić information content (AvgIpc) is 2.48. The highest BCUT2D eigenvalue weighted by atomic mass is 16.5. The second-order valence-electron chi connectivity index (χ2n) is 5.76. The summed E-state index contributed by atoms with van der Waals surface area (Å²) in [5, 5.41) is 3.95. The minimum absolute atomic E-state index is 0.157. The highest BCUT2D eigenvalue weighted by Gasteiger charge is 2.27. The fourth-order valence-electron chi connectivity index (χ4n) is 2.33. The van der Waals surface area contributed by atoms with E-state index in [9.17, 15) is 9.59 Å². The maximum absolute atomic E-state index is 12.0. The number of likely N-dealkylation sites (N-methyl/N-ethyl adjacent to an activating group) is 1. The van der Waals surface area contributed by atoms with Crippen LogP contribution in [0.4, 0.5) is 0 Å². The summed E-state index contributed by atoms with van der Waals surface area (Å²) in [6.45, 7) is 4.65. The third-order valence-electron chi connectivity index (χ3n) is 3.64. The molecule has 1 aliphatic heterocycles. The van der Waals surface area contributed by atoms with Crippen molar-refractivity contribution in [1.29, 1.82) is 0 Å². The zero-order chi connectivity index (χ0) is 16.7. The molecule has 0 aromatic heterocycles. The van der Waals surface area contributed by atoms with Gasteiger partial charge in [0.2, 0.25) is 0 Å². The summed E-state index contributed by atoms with van der Waals surface area (Å²) in [7, 11) is 2.03. The van der Waals surface area contributed by atoms with Crippen LogP contribution in [0.15, 0.2) is 29.4 Å². The number of carbonyl (C=O) groups excluding carboxylic acids is 2. The Balaban J connectivity index is 1.91. The number of ether oxygens (including phenoxy) is 2. The Morgan fingerprint density at radius 3 is 2.74 bits per heavy atom. The summed E-state index contributed by atoms with van der Waals surface area (Å²) < 4.78 is 11.0. The molecule has 0 unspecified atom stereocenters. The maximum Gasteiger partial charge on any atom is 0.308 e. The van der Waals surface area contributed by atoms with Gasteiger partial charge in [-0.1, -0.05) is 12.1 Å². The minimum Gasteiger partial charge on any atom is -0.426 e. The second kappa shape index (κ2) is 7.85. The molecular formula is C16H22N3O4+. The summed E-state index contributed by atoms with van der Waals surface area (Å²) in [5.74, 6) is -0.152. The van der Waals surface area contributed by atoms with Crippen molar-refractivity contribution < 1.29 is 23.5 Å². The maximum atomic E-state index is 12.0. The molecule has 0 bridgehead atoms. The minimum atomic E-state index is -0.403. The first kappa shape index (κ1) is 17.1. The number of nitrogens with zero attached hydrogens (tertiary/aromatic N) is 2. The van der Waals surface area contributed by atoms with Gasteiger partial charge in [0.15, 0.2) is 6.54 Å². The summed E-state index contributed by atoms with van der Waals surface area (Å²) in [5.41, 5.74) is 3.14. The third kappa shape index (κ3) is 5.46. The van der Waals surface area contributed by atoms with Gasteiger partial charge >= 0.3 is 5.97 Å². The van der Waals surface area contributed by atoms with E-state index in [2.05, 4.69) is 10.5 Å². The summed E-state index contributed by atoms with van der Waals surface area (Å²) >= 11 is 0. The number of quaternary nitrogens is 1. The molecule has 1 aromatic carbocycles. The number of rotatable bonds is 5. The van der Waals surface area contributed by atoms with Crippen molar-refractivity contribution in [2.75, 3.05) is 39.9 Å². The van der Waals surface area contributed by atoms with Gasteiger partial charge in [0, 0.05) is 12.5 Å². The van der Waals surface area contributed by atoms with Crippen LogP contribution in [0.3, 0.4) is 0 Å². The summed E-state index contributed by atoms with van der Waals surface area (Å²) in [6.07, 6.45) is 1.47. The zero-order valence-electron chi connectivity index (χ0n) is 13.4. The Morgan fingerprint density at radius 2 is 2.04 bits per heavy atom. The van der Waals surface area contributed by atoms with Crippen LogP contribution >= 0.6 is 0 Å². The number of carbonyl (C=O) groups is 2. The van der Waals surface area contributed by atoms with Crippen molar-refractivity contribution in [3.8, 4) is 5.75 Å². The van der Waals surface area contributed by atoms with Gasteiger partial charge in [-0.25, -0.2) is 5.43 Å². The first-order valence-electron chi connectivity index (χ1n) is 7.49. The predicted octanol–water partition coefficient (Wildman–Crippen LogP) is 0.539. The molecule has 1 saturated heterocycles. The van der Waals surface area contributed by atoms with Crippen molar-refractivity contribution in [3.63, 3.8) is 0 Å². The molecule has 7 heteroatoms. The lowest BCUT2D eigenvalue weighted by atomic mass is 10.2. The van der Waals surface area contributed by atoms with Crippen LogP contribution in [0.25, 0.3) is 0 Å². The third-order valence-corrected chi connectivity index (χ3v) is 3.64. The Labute approximate surface area is 135 Å². The zero-order valence-corrected chi connectivity index (χ0v) is 13.4. The molecule has 0 aliphatic carbocycles. The number of hydrazone groups is 1. The summed E-state index contributed by atoms with van der Waals surface area (Å²) in [4.78, 5) is 23.1. The largest absolute Gasteiger partial charge is 0.426 e. The van der Waals surface area contributed by atoms with Gasteiger partial charge in [0.25, 0.3) is 5.91 Å². The van der Waals surface area contributed by atoms with Crippen LogP contribution in [0.2, 0.25) is 0 Å². The van der Waals surface area contributed by atoms with Gasteiger partial charge in [-0.15, -0.1) is 0 Å². The second-order valence-corrected chi connectivity index (χ2v) is 5.76. The van der Waals surface area contributed by atoms with E-state index >= 15 is 0 Å². The average molecular weight is 320 g/mol. The number of amides is 1. The highest BCUT2D eigenvalue weighted by Crippen LogP contribution is 2.15. The van der Waals surface area contributed by atoms with E-state index in [1.807, 2.05) is 7.05 Å². The van der Waals surface area contributed by atoms with Crippen molar-refractivity contribution in [1.82, 2.24) is 5.43 Å². The van der Waals surface area contributed by atoms with Crippen LogP contribution in [0, 0.1) is 0 Å². The van der Waals surface area contributed by atoms with E-state index in [0.29, 0.717) is 35.6 Å². The van der Waals surface area contributed by atoms with Crippen molar-refractivity contribution in [2.24, 2.45) is 5.10 Å². The van der Waals surface area contributed by atoms with Crippen LogP contribution in [-0.4, -0.2) is 62.5 Å². The molecule has 1 aromatic rings. The topological polar surface area (TPSA) is 77.0 Å². The highest BCUT2D eigenvalue weighted by molar-refractivity contribution is 5.86. The van der Waals surface area contributed by atoms with Gasteiger partial charge in [-0.2, -0.15) is 5.10 Å². The predicted molar refractivity (Wildman–Crippen MR) is 85.1 cm³/mol. The molecule has 0 radical (unpaired) electrons. The van der Waals surface area contributed by atoms with Crippen LogP contribution < -0.4 is 10.2 Å². The molecule has 1 amide bonds. The SMILES string of the molecule is CC(=O)Oc1ccccc1/C=N/NC(=O)C[N+]1(C)CCOCC1. The molecule has 1 fully saturated rings. The Kier molecular flexibility index (Phi) is 5.84. The number of benzene rings is 1. The van der Waals surface area contributed by atoms with Gasteiger partial charge in [0.05, 0.1) is 26.5 Å². The molecule has 23 heavy (non-hydrogen) atoms. The fourth-order valence-corrected chi connectivity index (χ4v) is 2.33. The van der Waals surface area contributed by atoms with Gasteiger partial charge < -0.3 is 14.0 Å². The monoisotopic (exact) mass is 320 g/mol. The lowest BCUT2D eigenvalue weighted by Gasteiger charge is -2.36.